The molecule has 0 bridgehead atoms. The van der Waals surface area contributed by atoms with E-state index in [-0.39, 0.29) is 0 Å². The van der Waals surface area contributed by atoms with Crippen molar-refractivity contribution in [1.82, 2.24) is 0 Å². The van der Waals surface area contributed by atoms with Crippen LogP contribution in [0.3, 0.4) is 0 Å². The molecule has 2 aromatic carbocycles. The summed E-state index contributed by atoms with van der Waals surface area (Å²) in [5, 5.41) is 21.5. The molecule has 0 saturated carbocycles. The lowest BCUT2D eigenvalue weighted by Crippen LogP contribution is -2.07. The minimum atomic E-state index is -2.17. The smallest absolute Gasteiger partial charge is 0.402 e. The second-order valence-electron chi connectivity index (χ2n) is 3.73. The van der Waals surface area contributed by atoms with Gasteiger partial charge in [0.05, 0.1) is 0 Å². The average molecular weight is 261 g/mol. The second kappa shape index (κ2) is 11.3. The Bertz CT molecular complexity index is 366. The summed E-state index contributed by atoms with van der Waals surface area (Å²) in [5.74, 6) is 0. The van der Waals surface area contributed by atoms with E-state index in [0.717, 1.165) is 0 Å². The lowest BCUT2D eigenvalue weighted by Gasteiger charge is -2.10. The zero-order chi connectivity index (χ0) is 14.5. The van der Waals surface area contributed by atoms with Crippen molar-refractivity contribution in [1.29, 1.82) is 0 Å². The summed E-state index contributed by atoms with van der Waals surface area (Å²) in [6.45, 7) is 0. The number of hydrogen-bond donors (Lipinski definition) is 3. The zero-order valence-corrected chi connectivity index (χ0v) is 11.2. The molecule has 0 radical (unpaired) electrons. The van der Waals surface area contributed by atoms with Crippen LogP contribution in [0.4, 0.5) is 5.69 Å². The van der Waals surface area contributed by atoms with Crippen molar-refractivity contribution in [3.05, 3.63) is 66.7 Å². The molecule has 0 aromatic heterocycles. The van der Waals surface area contributed by atoms with Crippen LogP contribution >= 0.6 is 0 Å². The molecule has 0 atom stereocenters. The van der Waals surface area contributed by atoms with Gasteiger partial charge in [-0.25, -0.2) is 0 Å². The van der Waals surface area contributed by atoms with E-state index < -0.39 is 7.32 Å². The van der Waals surface area contributed by atoms with Crippen LogP contribution in [0.15, 0.2) is 66.7 Å². The highest BCUT2D eigenvalue weighted by Gasteiger charge is 1.92. The third-order valence-electron chi connectivity index (χ3n) is 1.94. The molecule has 0 aliphatic heterocycles. The summed E-state index contributed by atoms with van der Waals surface area (Å²) >= 11 is 0. The molecule has 2 aromatic rings. The first-order valence-electron chi connectivity index (χ1n) is 5.80. The van der Waals surface area contributed by atoms with E-state index in [9.17, 15) is 0 Å². The second-order valence-corrected chi connectivity index (χ2v) is 3.73. The van der Waals surface area contributed by atoms with Gasteiger partial charge in [-0.1, -0.05) is 54.6 Å². The number of para-hydroxylation sites is 1. The molecule has 4 nitrogen and oxygen atoms in total. The van der Waals surface area contributed by atoms with Crippen LogP contribution in [0.2, 0.25) is 0 Å². The van der Waals surface area contributed by atoms with E-state index in [1.165, 1.54) is 5.69 Å². The highest BCUT2D eigenvalue weighted by molar-refractivity contribution is 6.30. The van der Waals surface area contributed by atoms with Crippen molar-refractivity contribution in [2.24, 2.45) is 0 Å². The summed E-state index contributed by atoms with van der Waals surface area (Å²) in [6.07, 6.45) is 0. The highest BCUT2D eigenvalue weighted by atomic mass is 16.5. The van der Waals surface area contributed by atoms with Crippen molar-refractivity contribution in [3.8, 4) is 0 Å². The van der Waals surface area contributed by atoms with E-state index >= 15 is 0 Å². The highest BCUT2D eigenvalue weighted by Crippen LogP contribution is 2.07. The van der Waals surface area contributed by atoms with Gasteiger partial charge in [0.1, 0.15) is 0 Å². The summed E-state index contributed by atoms with van der Waals surface area (Å²) < 4.78 is 0. The SMILES string of the molecule is CN(C)c1ccccc1.OB(O)O.c1ccccc1. The van der Waals surface area contributed by atoms with Gasteiger partial charge in [0, 0.05) is 19.8 Å². The molecule has 19 heavy (non-hydrogen) atoms. The fourth-order valence-corrected chi connectivity index (χ4v) is 1.11. The fourth-order valence-electron chi connectivity index (χ4n) is 1.11. The fraction of sp³-hybridized carbons (Fsp3) is 0.143. The Morgan fingerprint density at radius 2 is 0.947 bits per heavy atom. The maximum absolute atomic E-state index is 7.17. The van der Waals surface area contributed by atoms with Crippen molar-refractivity contribution in [3.63, 3.8) is 0 Å². The largest absolute Gasteiger partial charge is 0.631 e. The molecular weight excluding hydrogens is 241 g/mol. The van der Waals surface area contributed by atoms with Gasteiger partial charge in [-0.3, -0.25) is 0 Å². The first-order chi connectivity index (χ1) is 9.04. The predicted octanol–water partition coefficient (Wildman–Crippen LogP) is 1.39. The third-order valence-corrected chi connectivity index (χ3v) is 1.94. The van der Waals surface area contributed by atoms with Crippen LogP contribution < -0.4 is 4.90 Å². The summed E-state index contributed by atoms with van der Waals surface area (Å²) in [7, 11) is 1.91. The Labute approximate surface area is 114 Å². The van der Waals surface area contributed by atoms with E-state index in [1.54, 1.807) is 0 Å². The van der Waals surface area contributed by atoms with Gasteiger partial charge in [-0.05, 0) is 12.1 Å². The maximum Gasteiger partial charge on any atom is 0.631 e. The van der Waals surface area contributed by atoms with Crippen LogP contribution in [0.1, 0.15) is 0 Å². The standard InChI is InChI=1S/C8H11N.C6H6.BH3O3/c1-9(2)8-6-4-3-5-7-8;1-2-4-6-5-3-1;2-1(3)4/h3-7H,1-2H3;1-6H;2-4H. The maximum atomic E-state index is 7.17. The Hall–Kier alpha value is -1.82. The number of benzene rings is 2. The summed E-state index contributed by atoms with van der Waals surface area (Å²) in [5.41, 5.74) is 1.25. The Morgan fingerprint density at radius 1 is 0.684 bits per heavy atom. The quantitative estimate of drug-likeness (QED) is 0.679. The van der Waals surface area contributed by atoms with Crippen LogP contribution in [0.25, 0.3) is 0 Å². The van der Waals surface area contributed by atoms with E-state index in [1.807, 2.05) is 68.7 Å². The van der Waals surface area contributed by atoms with Gasteiger partial charge >= 0.3 is 7.32 Å². The zero-order valence-electron chi connectivity index (χ0n) is 11.2. The van der Waals surface area contributed by atoms with E-state index in [2.05, 4.69) is 17.0 Å². The normalized spacial score (nSPS) is 8.26. The molecule has 3 N–H and O–H groups in total. The molecule has 0 unspecified atom stereocenters. The van der Waals surface area contributed by atoms with Crippen LogP contribution in [0.5, 0.6) is 0 Å². The van der Waals surface area contributed by atoms with Crippen molar-refractivity contribution in [2.45, 2.75) is 0 Å². The van der Waals surface area contributed by atoms with Crippen molar-refractivity contribution in [2.75, 3.05) is 19.0 Å². The number of hydrogen-bond acceptors (Lipinski definition) is 4. The minimum Gasteiger partial charge on any atom is -0.402 e. The molecule has 0 amide bonds. The van der Waals surface area contributed by atoms with Crippen molar-refractivity contribution < 1.29 is 15.1 Å². The molecule has 102 valence electrons. The first-order valence-corrected chi connectivity index (χ1v) is 5.80. The van der Waals surface area contributed by atoms with Crippen LogP contribution in [0, 0.1) is 0 Å². The lowest BCUT2D eigenvalue weighted by molar-refractivity contribution is 0.278. The molecule has 5 heteroatoms. The van der Waals surface area contributed by atoms with Crippen LogP contribution in [-0.2, 0) is 0 Å². The minimum absolute atomic E-state index is 1.25. The van der Waals surface area contributed by atoms with Gasteiger partial charge in [0.2, 0.25) is 0 Å². The average Bonchev–Trinajstić information content (AvgIpc) is 2.42. The summed E-state index contributed by atoms with van der Waals surface area (Å²) in [4.78, 5) is 2.08. The molecular formula is C14H20BNO3. The molecule has 0 fully saturated rings. The Kier molecular flexibility index (Phi) is 10.2. The van der Waals surface area contributed by atoms with Gasteiger partial charge < -0.3 is 20.0 Å². The van der Waals surface area contributed by atoms with Gasteiger partial charge in [0.15, 0.2) is 0 Å². The van der Waals surface area contributed by atoms with Gasteiger partial charge in [-0.2, -0.15) is 0 Å². The molecule has 0 heterocycles. The first kappa shape index (κ1) is 17.2. The predicted molar refractivity (Wildman–Crippen MR) is 79.6 cm³/mol. The molecule has 0 spiro atoms. The molecule has 0 saturated heterocycles. The molecule has 2 rings (SSSR count). The molecule has 0 aliphatic carbocycles. The van der Waals surface area contributed by atoms with Crippen molar-refractivity contribution >= 4 is 13.0 Å². The number of anilines is 1. The monoisotopic (exact) mass is 261 g/mol. The van der Waals surface area contributed by atoms with E-state index in [4.69, 9.17) is 15.1 Å². The molecule has 0 aliphatic rings. The van der Waals surface area contributed by atoms with E-state index in [0.29, 0.717) is 0 Å². The third kappa shape index (κ3) is 12.4. The van der Waals surface area contributed by atoms with Crippen LogP contribution in [-0.4, -0.2) is 36.5 Å². The van der Waals surface area contributed by atoms with Gasteiger partial charge in [0.25, 0.3) is 0 Å². The summed E-state index contributed by atoms with van der Waals surface area (Å²) in [6, 6.07) is 22.3. The lowest BCUT2D eigenvalue weighted by atomic mass is 10.3. The Morgan fingerprint density at radius 3 is 1.16 bits per heavy atom. The van der Waals surface area contributed by atoms with Gasteiger partial charge in [-0.15, -0.1) is 0 Å². The number of rotatable bonds is 1. The number of nitrogens with zero attached hydrogens (tertiary/aromatic N) is 1. The Balaban J connectivity index is 0.000000281. The topological polar surface area (TPSA) is 63.9 Å².